The lowest BCUT2D eigenvalue weighted by Gasteiger charge is -2.39. The Bertz CT molecular complexity index is 2870. The van der Waals surface area contributed by atoms with Gasteiger partial charge in [0.25, 0.3) is 0 Å². The molecule has 11 heteroatoms. The standard InChI is InChI=1S/C30H33N3.C24H28BrN3.C6H7BO3/c1-3-32(4-2)26-18-20-33(21-19-26)30-22-29(31-28-13-9-8-12-27(28)30)25-16-14-24(15-17-25)23-10-6-5-7-11-23;1-3-27(4-2)20-13-15-28(16-14-20)24-17-23(18-9-11-19(25)12-10-18)26-22-8-6-5-7-21(22)24;8-7(10-9)6-4-2-1-3-5-6/h5-17,22,26H,3-4,18-21H2,1-2H3;5-12,17,20H,3-4,13-16H2,1-2H3;1-5,8-9H. The van der Waals surface area contributed by atoms with Crippen molar-refractivity contribution in [2.45, 2.75) is 65.5 Å². The Balaban J connectivity index is 0.000000161. The van der Waals surface area contributed by atoms with Gasteiger partial charge in [0.05, 0.1) is 22.4 Å². The van der Waals surface area contributed by atoms with Crippen LogP contribution in [0.4, 0.5) is 11.4 Å². The van der Waals surface area contributed by atoms with Gasteiger partial charge in [0.2, 0.25) is 0 Å². The van der Waals surface area contributed by atoms with Crippen LogP contribution in [0.25, 0.3) is 55.4 Å². The van der Waals surface area contributed by atoms with Gasteiger partial charge < -0.3 is 24.6 Å². The number of pyridine rings is 2. The molecule has 0 amide bonds. The molecular formula is C60H68BBrN6O3. The molecule has 0 atom stereocenters. The molecule has 8 aromatic rings. The summed E-state index contributed by atoms with van der Waals surface area (Å²) >= 11 is 3.53. The van der Waals surface area contributed by atoms with Gasteiger partial charge in [-0.3, -0.25) is 10.1 Å². The van der Waals surface area contributed by atoms with Crippen LogP contribution in [0.3, 0.4) is 0 Å². The number of hydrogen-bond acceptors (Lipinski definition) is 9. The molecule has 9 nitrogen and oxygen atoms in total. The molecule has 366 valence electrons. The van der Waals surface area contributed by atoms with E-state index in [0.717, 1.165) is 84.8 Å². The minimum Gasteiger partial charge on any atom is -0.422 e. The highest BCUT2D eigenvalue weighted by Gasteiger charge is 2.26. The Morgan fingerprint density at radius 1 is 0.507 bits per heavy atom. The van der Waals surface area contributed by atoms with Crippen molar-refractivity contribution in [2.75, 3.05) is 62.2 Å². The van der Waals surface area contributed by atoms with Crippen LogP contribution in [-0.4, -0.2) is 102 Å². The largest absolute Gasteiger partial charge is 0.522 e. The Morgan fingerprint density at radius 3 is 1.30 bits per heavy atom. The zero-order chi connectivity index (χ0) is 49.5. The first kappa shape index (κ1) is 51.4. The number of aromatic nitrogens is 2. The predicted molar refractivity (Wildman–Crippen MR) is 302 cm³/mol. The van der Waals surface area contributed by atoms with Crippen molar-refractivity contribution in [1.29, 1.82) is 0 Å². The Morgan fingerprint density at radius 2 is 0.873 bits per heavy atom. The van der Waals surface area contributed by atoms with Gasteiger partial charge in [-0.1, -0.05) is 177 Å². The fourth-order valence-electron chi connectivity index (χ4n) is 10.3. The summed E-state index contributed by atoms with van der Waals surface area (Å²) in [7, 11) is -1.24. The smallest absolute Gasteiger partial charge is 0.422 e. The highest BCUT2D eigenvalue weighted by atomic mass is 79.9. The maximum Gasteiger partial charge on any atom is 0.522 e. The molecule has 6 aromatic carbocycles. The van der Waals surface area contributed by atoms with E-state index in [-0.39, 0.29) is 0 Å². The molecular weight excluding hydrogens is 943 g/mol. The van der Waals surface area contributed by atoms with Crippen LogP contribution in [0.5, 0.6) is 0 Å². The molecule has 2 saturated heterocycles. The fourth-order valence-corrected chi connectivity index (χ4v) is 10.6. The van der Waals surface area contributed by atoms with Crippen LogP contribution in [0.1, 0.15) is 53.4 Å². The first-order valence-electron chi connectivity index (χ1n) is 25.5. The van der Waals surface area contributed by atoms with E-state index in [1.807, 2.05) is 6.07 Å². The number of halogens is 1. The molecule has 2 aliphatic heterocycles. The molecule has 2 aromatic heterocycles. The van der Waals surface area contributed by atoms with Crippen LogP contribution >= 0.6 is 15.9 Å². The van der Waals surface area contributed by atoms with Crippen molar-refractivity contribution in [3.8, 4) is 33.6 Å². The van der Waals surface area contributed by atoms with Crippen LogP contribution in [0.15, 0.2) is 174 Å². The number of anilines is 2. The average molecular weight is 1010 g/mol. The number of benzene rings is 6. The molecule has 4 heterocycles. The van der Waals surface area contributed by atoms with Gasteiger partial charge in [-0.25, -0.2) is 9.97 Å². The van der Waals surface area contributed by atoms with Crippen molar-refractivity contribution in [2.24, 2.45) is 0 Å². The van der Waals surface area contributed by atoms with Gasteiger partial charge in [0.15, 0.2) is 0 Å². The SMILES string of the molecule is CCN(CC)C1CCN(c2cc(-c3ccc(-c4ccccc4)cc3)nc3ccccc23)CC1.CCN(CC)C1CCN(c2cc(-c3ccc(Br)cc3)nc3ccccc23)CC1.OOB(O)c1ccccc1. The van der Waals surface area contributed by atoms with Crippen molar-refractivity contribution in [1.82, 2.24) is 19.8 Å². The Hall–Kier alpha value is -5.92. The third-order valence-electron chi connectivity index (χ3n) is 14.3. The summed E-state index contributed by atoms with van der Waals surface area (Å²) < 4.78 is 1.09. The van der Waals surface area contributed by atoms with Crippen molar-refractivity contribution >= 4 is 61.7 Å². The lowest BCUT2D eigenvalue weighted by Crippen LogP contribution is -2.44. The molecule has 0 saturated carbocycles. The first-order valence-corrected chi connectivity index (χ1v) is 26.3. The summed E-state index contributed by atoms with van der Waals surface area (Å²) in [5, 5.41) is 19.4. The summed E-state index contributed by atoms with van der Waals surface area (Å²) in [6.45, 7) is 18.1. The second-order valence-corrected chi connectivity index (χ2v) is 19.2. The average Bonchev–Trinajstić information content (AvgIpc) is 3.44. The summed E-state index contributed by atoms with van der Waals surface area (Å²) in [6, 6.07) is 59.5. The molecule has 2 fully saturated rings. The number of rotatable bonds is 13. The molecule has 2 aliphatic rings. The van der Waals surface area contributed by atoms with E-state index >= 15 is 0 Å². The quantitative estimate of drug-likeness (QED) is 0.0666. The molecule has 0 unspecified atom stereocenters. The van der Waals surface area contributed by atoms with Crippen molar-refractivity contribution in [3.05, 3.63) is 174 Å². The zero-order valence-corrected chi connectivity index (χ0v) is 43.3. The number of piperidine rings is 2. The maximum absolute atomic E-state index is 8.86. The molecule has 0 radical (unpaired) electrons. The van der Waals surface area contributed by atoms with Gasteiger partial charge in [-0.05, 0) is 105 Å². The third-order valence-corrected chi connectivity index (χ3v) is 14.8. The first-order chi connectivity index (χ1) is 34.8. The summed E-state index contributed by atoms with van der Waals surface area (Å²) in [6.07, 6.45) is 4.90. The monoisotopic (exact) mass is 1010 g/mol. The fraction of sp³-hybridized carbons (Fsp3) is 0.300. The Labute approximate surface area is 430 Å². The van der Waals surface area contributed by atoms with Crippen LogP contribution in [-0.2, 0) is 4.81 Å². The second kappa shape index (κ2) is 25.5. The van der Waals surface area contributed by atoms with Gasteiger partial charge in [-0.15, -0.1) is 0 Å². The van der Waals surface area contributed by atoms with Gasteiger partial charge in [0.1, 0.15) is 0 Å². The van der Waals surface area contributed by atoms with E-state index in [9.17, 15) is 0 Å². The van der Waals surface area contributed by atoms with E-state index < -0.39 is 7.12 Å². The topological polar surface area (TPSA) is 88.4 Å². The lowest BCUT2D eigenvalue weighted by atomic mass is 9.80. The lowest BCUT2D eigenvalue weighted by molar-refractivity contribution is -0.154. The minimum absolute atomic E-state index is 0.532. The minimum atomic E-state index is -1.24. The third kappa shape index (κ3) is 13.0. The number of nitrogens with zero attached hydrogens (tertiary/aromatic N) is 6. The highest BCUT2D eigenvalue weighted by molar-refractivity contribution is 9.10. The normalized spacial score (nSPS) is 14.3. The van der Waals surface area contributed by atoms with Gasteiger partial charge in [0, 0.05) is 76.0 Å². The van der Waals surface area contributed by atoms with Crippen molar-refractivity contribution < 1.29 is 15.1 Å². The molecule has 0 spiro atoms. The second-order valence-electron chi connectivity index (χ2n) is 18.3. The number of fused-ring (bicyclic) bond motifs is 2. The molecule has 2 N–H and O–H groups in total. The van der Waals surface area contributed by atoms with E-state index in [0.29, 0.717) is 17.5 Å². The van der Waals surface area contributed by atoms with E-state index in [1.165, 1.54) is 64.5 Å². The molecule has 71 heavy (non-hydrogen) atoms. The number of hydrogen-bond donors (Lipinski definition) is 2. The Kier molecular flexibility index (Phi) is 18.4. The summed E-state index contributed by atoms with van der Waals surface area (Å²) in [4.78, 5) is 24.0. The zero-order valence-electron chi connectivity index (χ0n) is 41.7. The highest BCUT2D eigenvalue weighted by Crippen LogP contribution is 2.36. The van der Waals surface area contributed by atoms with Gasteiger partial charge >= 0.3 is 7.12 Å². The van der Waals surface area contributed by atoms with E-state index in [1.54, 1.807) is 24.3 Å². The van der Waals surface area contributed by atoms with Crippen LogP contribution in [0.2, 0.25) is 0 Å². The molecule has 10 rings (SSSR count). The molecule has 0 aliphatic carbocycles. The van der Waals surface area contributed by atoms with E-state index in [4.69, 9.17) is 20.2 Å². The summed E-state index contributed by atoms with van der Waals surface area (Å²) in [5.41, 5.74) is 12.2. The predicted octanol–water partition coefficient (Wildman–Crippen LogP) is 12.7. The molecule has 0 bridgehead atoms. The number of para-hydroxylation sites is 2. The van der Waals surface area contributed by atoms with Crippen LogP contribution < -0.4 is 15.3 Å². The van der Waals surface area contributed by atoms with Crippen LogP contribution in [0, 0.1) is 0 Å². The maximum atomic E-state index is 8.86. The summed E-state index contributed by atoms with van der Waals surface area (Å²) in [5.74, 6) is 0. The van der Waals surface area contributed by atoms with Gasteiger partial charge in [-0.2, -0.15) is 0 Å². The van der Waals surface area contributed by atoms with E-state index in [2.05, 4.69) is 208 Å². The van der Waals surface area contributed by atoms with Crippen molar-refractivity contribution in [3.63, 3.8) is 0 Å².